The van der Waals surface area contributed by atoms with Gasteiger partial charge in [-0.3, -0.25) is 0 Å². The highest BCUT2D eigenvalue weighted by molar-refractivity contribution is 5.26. The zero-order valence-electron chi connectivity index (χ0n) is 11.3. The molecule has 96 valence electrons. The molecule has 1 aromatic carbocycles. The summed E-state index contributed by atoms with van der Waals surface area (Å²) in [5.41, 5.74) is 8.65. The molecule has 0 aliphatic rings. The average molecular weight is 235 g/mol. The normalized spacial score (nSPS) is 13.0. The minimum Gasteiger partial charge on any atom is -0.379 e. The molecule has 1 rings (SSSR count). The van der Waals surface area contributed by atoms with Crippen LogP contribution >= 0.6 is 0 Å². The fourth-order valence-electron chi connectivity index (χ4n) is 1.87. The van der Waals surface area contributed by atoms with Gasteiger partial charge < -0.3 is 10.5 Å². The summed E-state index contributed by atoms with van der Waals surface area (Å²) >= 11 is 0. The summed E-state index contributed by atoms with van der Waals surface area (Å²) in [6, 6.07) is 8.55. The molecular weight excluding hydrogens is 210 g/mol. The van der Waals surface area contributed by atoms with Crippen molar-refractivity contribution in [2.75, 3.05) is 13.2 Å². The van der Waals surface area contributed by atoms with E-state index in [4.69, 9.17) is 10.5 Å². The average Bonchev–Trinajstić information content (AvgIpc) is 2.28. The summed E-state index contributed by atoms with van der Waals surface area (Å²) in [6.45, 7) is 7.97. The van der Waals surface area contributed by atoms with Crippen LogP contribution in [0, 0.1) is 5.92 Å². The molecule has 17 heavy (non-hydrogen) atoms. The van der Waals surface area contributed by atoms with Gasteiger partial charge in [-0.25, -0.2) is 0 Å². The number of nitrogens with two attached hydrogens (primary N) is 1. The summed E-state index contributed by atoms with van der Waals surface area (Å²) in [5, 5.41) is 0. The fourth-order valence-corrected chi connectivity index (χ4v) is 1.87. The molecule has 0 saturated heterocycles. The second kappa shape index (κ2) is 7.46. The largest absolute Gasteiger partial charge is 0.379 e. The summed E-state index contributed by atoms with van der Waals surface area (Å²) in [5.74, 6) is 0.679. The molecule has 1 unspecified atom stereocenters. The van der Waals surface area contributed by atoms with Gasteiger partial charge in [0.2, 0.25) is 0 Å². The Balaban J connectivity index is 2.57. The zero-order chi connectivity index (χ0) is 12.7. The molecule has 0 aliphatic carbocycles. The highest BCUT2D eigenvalue weighted by Gasteiger charge is 2.07. The van der Waals surface area contributed by atoms with Crippen LogP contribution in [0.1, 0.15) is 44.4 Å². The fraction of sp³-hybridized carbons (Fsp3) is 0.600. The van der Waals surface area contributed by atoms with E-state index in [1.165, 1.54) is 11.1 Å². The van der Waals surface area contributed by atoms with E-state index in [2.05, 4.69) is 45.0 Å². The van der Waals surface area contributed by atoms with Gasteiger partial charge >= 0.3 is 0 Å². The van der Waals surface area contributed by atoms with Crippen LogP contribution in [0.4, 0.5) is 0 Å². The lowest BCUT2D eigenvalue weighted by Gasteiger charge is -2.14. The number of ether oxygens (including phenoxy) is 1. The van der Waals surface area contributed by atoms with Gasteiger partial charge in [0.25, 0.3) is 0 Å². The van der Waals surface area contributed by atoms with E-state index < -0.39 is 0 Å². The van der Waals surface area contributed by atoms with Gasteiger partial charge in [0, 0.05) is 6.61 Å². The van der Waals surface area contributed by atoms with Gasteiger partial charge in [-0.2, -0.15) is 0 Å². The van der Waals surface area contributed by atoms with E-state index in [1.807, 2.05) is 0 Å². The molecule has 0 fully saturated rings. The molecule has 0 bridgehead atoms. The molecule has 2 heteroatoms. The van der Waals surface area contributed by atoms with Crippen molar-refractivity contribution >= 4 is 0 Å². The van der Waals surface area contributed by atoms with E-state index in [0.29, 0.717) is 12.5 Å². The highest BCUT2D eigenvalue weighted by Crippen LogP contribution is 2.15. The Kier molecular flexibility index (Phi) is 6.23. The quantitative estimate of drug-likeness (QED) is 0.736. The van der Waals surface area contributed by atoms with Crippen molar-refractivity contribution < 1.29 is 4.74 Å². The number of hydrogen-bond donors (Lipinski definition) is 1. The van der Waals surface area contributed by atoms with Crippen LogP contribution in [-0.4, -0.2) is 13.2 Å². The van der Waals surface area contributed by atoms with Crippen LogP contribution in [0.5, 0.6) is 0 Å². The number of rotatable bonds is 7. The first-order valence-electron chi connectivity index (χ1n) is 6.55. The topological polar surface area (TPSA) is 35.2 Å². The third-order valence-electron chi connectivity index (χ3n) is 2.67. The van der Waals surface area contributed by atoms with Gasteiger partial charge in [-0.15, -0.1) is 0 Å². The minimum absolute atomic E-state index is 0.00587. The predicted molar refractivity (Wildman–Crippen MR) is 73.0 cm³/mol. The Morgan fingerprint density at radius 2 is 2.06 bits per heavy atom. The van der Waals surface area contributed by atoms with Crippen molar-refractivity contribution in [3.63, 3.8) is 0 Å². The summed E-state index contributed by atoms with van der Waals surface area (Å²) < 4.78 is 5.49. The predicted octanol–water partition coefficient (Wildman–Crippen LogP) is 3.31. The van der Waals surface area contributed by atoms with Crippen molar-refractivity contribution in [1.82, 2.24) is 0 Å². The molecule has 0 saturated carbocycles. The lowest BCUT2D eigenvalue weighted by Crippen LogP contribution is -2.17. The van der Waals surface area contributed by atoms with Crippen LogP contribution in [0.15, 0.2) is 24.3 Å². The van der Waals surface area contributed by atoms with Gasteiger partial charge in [0.1, 0.15) is 0 Å². The molecule has 0 amide bonds. The van der Waals surface area contributed by atoms with E-state index >= 15 is 0 Å². The smallest absolute Gasteiger partial charge is 0.0659 e. The van der Waals surface area contributed by atoms with E-state index in [0.717, 1.165) is 19.4 Å². The van der Waals surface area contributed by atoms with Crippen LogP contribution in [0.25, 0.3) is 0 Å². The monoisotopic (exact) mass is 235 g/mol. The molecule has 0 aromatic heterocycles. The second-order valence-corrected chi connectivity index (χ2v) is 5.02. The molecule has 0 heterocycles. The molecule has 1 aromatic rings. The maximum Gasteiger partial charge on any atom is 0.0659 e. The summed E-state index contributed by atoms with van der Waals surface area (Å²) in [6.07, 6.45) is 2.15. The maximum atomic E-state index is 6.11. The van der Waals surface area contributed by atoms with E-state index in [1.54, 1.807) is 0 Å². The molecule has 0 radical (unpaired) electrons. The maximum absolute atomic E-state index is 6.11. The van der Waals surface area contributed by atoms with Crippen LogP contribution in [-0.2, 0) is 11.2 Å². The third kappa shape index (κ3) is 5.33. The molecule has 0 spiro atoms. The Morgan fingerprint density at radius 1 is 1.29 bits per heavy atom. The standard InChI is InChI=1S/C15H25NO/c1-4-8-17-11-15(16)14-7-5-6-13(10-14)9-12(2)3/h5-7,10,12,15H,4,8-9,11,16H2,1-3H3. The lowest BCUT2D eigenvalue weighted by atomic mass is 9.99. The molecule has 1 atom stereocenters. The first kappa shape index (κ1) is 14.2. The third-order valence-corrected chi connectivity index (χ3v) is 2.67. The lowest BCUT2D eigenvalue weighted by molar-refractivity contribution is 0.121. The SMILES string of the molecule is CCCOCC(N)c1cccc(CC(C)C)c1. The van der Waals surface area contributed by atoms with Crippen molar-refractivity contribution in [2.45, 2.75) is 39.7 Å². The van der Waals surface area contributed by atoms with E-state index in [-0.39, 0.29) is 6.04 Å². The number of benzene rings is 1. The highest BCUT2D eigenvalue weighted by atomic mass is 16.5. The van der Waals surface area contributed by atoms with Crippen molar-refractivity contribution in [3.05, 3.63) is 35.4 Å². The van der Waals surface area contributed by atoms with Gasteiger partial charge in [0.15, 0.2) is 0 Å². The van der Waals surface area contributed by atoms with Crippen LogP contribution in [0.2, 0.25) is 0 Å². The van der Waals surface area contributed by atoms with E-state index in [9.17, 15) is 0 Å². The van der Waals surface area contributed by atoms with Crippen LogP contribution < -0.4 is 5.73 Å². The first-order valence-corrected chi connectivity index (χ1v) is 6.55. The van der Waals surface area contributed by atoms with Gasteiger partial charge in [0.05, 0.1) is 12.6 Å². The van der Waals surface area contributed by atoms with Crippen molar-refractivity contribution in [3.8, 4) is 0 Å². The Labute approximate surface area is 105 Å². The summed E-state index contributed by atoms with van der Waals surface area (Å²) in [4.78, 5) is 0. The Hall–Kier alpha value is -0.860. The first-order chi connectivity index (χ1) is 8.13. The number of hydrogen-bond acceptors (Lipinski definition) is 2. The Morgan fingerprint density at radius 3 is 2.71 bits per heavy atom. The molecule has 2 nitrogen and oxygen atoms in total. The second-order valence-electron chi connectivity index (χ2n) is 5.02. The Bertz CT molecular complexity index is 322. The summed E-state index contributed by atoms with van der Waals surface area (Å²) in [7, 11) is 0. The van der Waals surface area contributed by atoms with Crippen LogP contribution in [0.3, 0.4) is 0 Å². The molecular formula is C15H25NO. The minimum atomic E-state index is -0.00587. The van der Waals surface area contributed by atoms with Gasteiger partial charge in [-0.05, 0) is 29.9 Å². The molecule has 0 aliphatic heterocycles. The van der Waals surface area contributed by atoms with Crippen molar-refractivity contribution in [2.24, 2.45) is 11.7 Å². The zero-order valence-corrected chi connectivity index (χ0v) is 11.3. The molecule has 2 N–H and O–H groups in total. The van der Waals surface area contributed by atoms with Crippen molar-refractivity contribution in [1.29, 1.82) is 0 Å². The van der Waals surface area contributed by atoms with Gasteiger partial charge in [-0.1, -0.05) is 45.0 Å².